The molecule has 1 aliphatic carbocycles. The Morgan fingerprint density at radius 1 is 1.38 bits per heavy atom. The topological polar surface area (TPSA) is 105 Å². The van der Waals surface area contributed by atoms with Gasteiger partial charge in [-0.3, -0.25) is 4.98 Å². The Labute approximate surface area is 194 Å². The molecule has 0 spiro atoms. The van der Waals surface area contributed by atoms with Crippen LogP contribution in [0.5, 0.6) is 0 Å². The van der Waals surface area contributed by atoms with Crippen LogP contribution in [0.3, 0.4) is 0 Å². The molecule has 0 amide bonds. The van der Waals surface area contributed by atoms with Crippen LogP contribution >= 0.6 is 23.4 Å². The van der Waals surface area contributed by atoms with Crippen molar-refractivity contribution in [3.05, 3.63) is 53.0 Å². The van der Waals surface area contributed by atoms with Crippen LogP contribution in [-0.4, -0.2) is 45.2 Å². The highest BCUT2D eigenvalue weighted by atomic mass is 35.5. The smallest absolute Gasteiger partial charge is 0.336 e. The van der Waals surface area contributed by atoms with E-state index in [9.17, 15) is 9.90 Å². The van der Waals surface area contributed by atoms with E-state index in [1.165, 1.54) is 11.8 Å². The lowest BCUT2D eigenvalue weighted by Crippen LogP contribution is -2.28. The first-order valence-corrected chi connectivity index (χ1v) is 11.7. The molecule has 1 fully saturated rings. The second kappa shape index (κ2) is 8.35. The van der Waals surface area contributed by atoms with Gasteiger partial charge in [-0.1, -0.05) is 18.5 Å². The zero-order valence-corrected chi connectivity index (χ0v) is 19.1. The van der Waals surface area contributed by atoms with Crippen molar-refractivity contribution in [3.8, 4) is 0 Å². The maximum absolute atomic E-state index is 11.8. The maximum Gasteiger partial charge on any atom is 0.336 e. The molecule has 0 bridgehead atoms. The van der Waals surface area contributed by atoms with E-state index < -0.39 is 5.97 Å². The van der Waals surface area contributed by atoms with Gasteiger partial charge < -0.3 is 15.7 Å². The van der Waals surface area contributed by atoms with Crippen molar-refractivity contribution in [3.63, 3.8) is 0 Å². The predicted molar refractivity (Wildman–Crippen MR) is 126 cm³/mol. The van der Waals surface area contributed by atoms with Gasteiger partial charge in [-0.2, -0.15) is 0 Å². The second-order valence-corrected chi connectivity index (χ2v) is 9.49. The first-order chi connectivity index (χ1) is 15.4. The molecule has 2 aromatic heterocycles. The zero-order valence-electron chi connectivity index (χ0n) is 17.5. The van der Waals surface area contributed by atoms with Crippen LogP contribution in [0, 0.1) is 0 Å². The van der Waals surface area contributed by atoms with Gasteiger partial charge in [0.2, 0.25) is 0 Å². The van der Waals surface area contributed by atoms with Gasteiger partial charge in [0.25, 0.3) is 0 Å². The van der Waals surface area contributed by atoms with Gasteiger partial charge in [0, 0.05) is 48.2 Å². The van der Waals surface area contributed by atoms with Crippen LogP contribution in [0.2, 0.25) is 0 Å². The van der Waals surface area contributed by atoms with Gasteiger partial charge >= 0.3 is 5.97 Å². The van der Waals surface area contributed by atoms with Crippen molar-refractivity contribution in [2.75, 3.05) is 18.0 Å². The minimum atomic E-state index is -0.990. The lowest BCUT2D eigenvalue weighted by atomic mass is 10.1. The van der Waals surface area contributed by atoms with Crippen LogP contribution < -0.4 is 10.6 Å². The molecule has 3 aromatic rings. The van der Waals surface area contributed by atoms with Crippen molar-refractivity contribution in [1.29, 1.82) is 0 Å². The Balaban J connectivity index is 1.58. The molecule has 164 valence electrons. The molecular weight excluding hydrogens is 446 g/mol. The number of benzene rings is 1. The van der Waals surface area contributed by atoms with Crippen LogP contribution in [0.4, 0.5) is 5.82 Å². The summed E-state index contributed by atoms with van der Waals surface area (Å²) in [7, 11) is 0. The number of pyridine rings is 1. The summed E-state index contributed by atoms with van der Waals surface area (Å²) in [5, 5.41) is 12.4. The number of carboxylic acids is 1. The number of carbonyl (C=O) groups is 1. The molecule has 32 heavy (non-hydrogen) atoms. The predicted octanol–water partition coefficient (Wildman–Crippen LogP) is 4.33. The average Bonchev–Trinajstić information content (AvgIpc) is 3.35. The number of hydrogen-bond donors (Lipinski definition) is 2. The van der Waals surface area contributed by atoms with Crippen LogP contribution in [0.1, 0.15) is 41.4 Å². The monoisotopic (exact) mass is 467 g/mol. The SMILES string of the molecule is CCC1=C(Cl)c2c(nc(Sc3cc(C(=O)O)c4cnccc4c3)nc2N2CC[C@@H](N)C2)C1. The third-order valence-corrected chi connectivity index (χ3v) is 7.27. The van der Waals surface area contributed by atoms with E-state index in [4.69, 9.17) is 27.3 Å². The number of aromatic carboxylic acids is 1. The van der Waals surface area contributed by atoms with E-state index in [1.807, 2.05) is 12.1 Å². The van der Waals surface area contributed by atoms with Crippen LogP contribution in [0.15, 0.2) is 46.2 Å². The number of halogens is 1. The molecule has 0 unspecified atom stereocenters. The molecule has 1 saturated heterocycles. The third kappa shape index (κ3) is 3.72. The molecule has 3 heterocycles. The number of nitrogens with two attached hydrogens (primary N) is 1. The van der Waals surface area contributed by atoms with Crippen molar-refractivity contribution in [1.82, 2.24) is 15.0 Å². The highest BCUT2D eigenvalue weighted by Crippen LogP contribution is 2.43. The molecule has 9 heteroatoms. The molecule has 0 saturated carbocycles. The number of anilines is 1. The lowest BCUT2D eigenvalue weighted by molar-refractivity contribution is 0.0698. The van der Waals surface area contributed by atoms with Crippen LogP contribution in [-0.2, 0) is 6.42 Å². The molecule has 1 aliphatic heterocycles. The summed E-state index contributed by atoms with van der Waals surface area (Å²) in [6, 6.07) is 5.52. The molecule has 7 nitrogen and oxygen atoms in total. The molecule has 0 radical (unpaired) electrons. The van der Waals surface area contributed by atoms with Gasteiger partial charge in [-0.25, -0.2) is 14.8 Å². The van der Waals surface area contributed by atoms with E-state index in [-0.39, 0.29) is 11.6 Å². The van der Waals surface area contributed by atoms with Crippen molar-refractivity contribution in [2.24, 2.45) is 5.73 Å². The lowest BCUT2D eigenvalue weighted by Gasteiger charge is -2.21. The van der Waals surface area contributed by atoms with E-state index in [2.05, 4.69) is 16.8 Å². The van der Waals surface area contributed by atoms with Crippen molar-refractivity contribution in [2.45, 2.75) is 42.3 Å². The van der Waals surface area contributed by atoms with E-state index >= 15 is 0 Å². The Morgan fingerprint density at radius 3 is 2.94 bits per heavy atom. The van der Waals surface area contributed by atoms with Gasteiger partial charge in [0.1, 0.15) is 5.82 Å². The molecule has 1 atom stereocenters. The first-order valence-electron chi connectivity index (χ1n) is 10.5. The number of fused-ring (bicyclic) bond motifs is 2. The van der Waals surface area contributed by atoms with Gasteiger partial charge in [-0.05, 0) is 53.8 Å². The Bertz CT molecular complexity index is 1280. The molecule has 2 aliphatic rings. The number of carboxylic acid groups (broad SMARTS) is 1. The van der Waals surface area contributed by atoms with Gasteiger partial charge in [0.05, 0.1) is 21.9 Å². The number of rotatable bonds is 5. The third-order valence-electron chi connectivity index (χ3n) is 5.97. The summed E-state index contributed by atoms with van der Waals surface area (Å²) < 4.78 is 0. The molecule has 5 rings (SSSR count). The number of allylic oxidation sites excluding steroid dienone is 1. The highest BCUT2D eigenvalue weighted by Gasteiger charge is 2.31. The van der Waals surface area contributed by atoms with Crippen LogP contribution in [0.25, 0.3) is 15.8 Å². The standard InChI is InChI=1S/C23H22ClN5O2S/c1-2-12-8-18-19(20(12)24)21(29-6-4-14(25)11-29)28-23(27-18)32-15-7-13-3-5-26-10-17(13)16(9-15)22(30)31/h3,5,7,9-10,14H,2,4,6,8,11,25H2,1H3,(H,30,31)/t14-/m1/s1. The summed E-state index contributed by atoms with van der Waals surface area (Å²) in [5.74, 6) is -0.169. The largest absolute Gasteiger partial charge is 0.478 e. The van der Waals surface area contributed by atoms with E-state index in [1.54, 1.807) is 18.5 Å². The summed E-state index contributed by atoms with van der Waals surface area (Å²) in [6.45, 7) is 3.65. The number of aromatic nitrogens is 3. The Hall–Kier alpha value is -2.68. The Kier molecular flexibility index (Phi) is 5.53. The summed E-state index contributed by atoms with van der Waals surface area (Å²) in [4.78, 5) is 28.5. The first kappa shape index (κ1) is 21.2. The maximum atomic E-state index is 11.8. The molecule has 1 aromatic carbocycles. The number of hydrogen-bond acceptors (Lipinski definition) is 7. The average molecular weight is 468 g/mol. The fourth-order valence-corrected chi connectivity index (χ4v) is 5.58. The highest BCUT2D eigenvalue weighted by molar-refractivity contribution is 7.99. The van der Waals surface area contributed by atoms with E-state index in [0.717, 1.165) is 63.9 Å². The molecular formula is C23H22ClN5O2S. The summed E-state index contributed by atoms with van der Waals surface area (Å²) in [5.41, 5.74) is 9.37. The normalized spacial score (nSPS) is 18.0. The van der Waals surface area contributed by atoms with Gasteiger partial charge in [0.15, 0.2) is 5.16 Å². The minimum absolute atomic E-state index is 0.110. The Morgan fingerprint density at radius 2 is 2.22 bits per heavy atom. The summed E-state index contributed by atoms with van der Waals surface area (Å²) in [6.07, 6.45) is 5.70. The van der Waals surface area contributed by atoms with Gasteiger partial charge in [-0.15, -0.1) is 0 Å². The van der Waals surface area contributed by atoms with E-state index in [0.29, 0.717) is 17.0 Å². The fourth-order valence-electron chi connectivity index (χ4n) is 4.33. The van der Waals surface area contributed by atoms with Crippen molar-refractivity contribution < 1.29 is 9.90 Å². The second-order valence-electron chi connectivity index (χ2n) is 8.07. The van der Waals surface area contributed by atoms with Crippen molar-refractivity contribution >= 4 is 51.0 Å². The minimum Gasteiger partial charge on any atom is -0.478 e. The molecule has 3 N–H and O–H groups in total. The number of nitrogens with zero attached hydrogens (tertiary/aromatic N) is 4. The zero-order chi connectivity index (χ0) is 22.4. The quantitative estimate of drug-likeness (QED) is 0.534. The summed E-state index contributed by atoms with van der Waals surface area (Å²) >= 11 is 8.08. The fraction of sp³-hybridized carbons (Fsp3) is 0.304.